The molecule has 2 aromatic carbocycles. The van der Waals surface area contributed by atoms with E-state index in [4.69, 9.17) is 9.47 Å². The van der Waals surface area contributed by atoms with E-state index < -0.39 is 5.72 Å². The lowest BCUT2D eigenvalue weighted by Crippen LogP contribution is -2.70. The first-order valence-corrected chi connectivity index (χ1v) is 10.1. The Morgan fingerprint density at radius 2 is 2.07 bits per heavy atom. The molecule has 5 heteroatoms. The minimum atomic E-state index is -0.589. The molecule has 1 amide bonds. The molecular weight excluding hydrogens is 352 g/mol. The van der Waals surface area contributed by atoms with Crippen molar-refractivity contribution in [1.82, 2.24) is 10.2 Å². The molecule has 2 saturated heterocycles. The summed E-state index contributed by atoms with van der Waals surface area (Å²) < 4.78 is 11.9. The van der Waals surface area contributed by atoms with Crippen LogP contribution in [0.15, 0.2) is 48.5 Å². The molecule has 2 bridgehead atoms. The quantitative estimate of drug-likeness (QED) is 0.889. The van der Waals surface area contributed by atoms with Crippen molar-refractivity contribution >= 4 is 5.91 Å². The number of ether oxygens (including phenoxy) is 2. The van der Waals surface area contributed by atoms with E-state index >= 15 is 0 Å². The minimum Gasteiger partial charge on any atom is -0.497 e. The van der Waals surface area contributed by atoms with Crippen molar-refractivity contribution in [3.05, 3.63) is 59.7 Å². The Morgan fingerprint density at radius 1 is 1.25 bits per heavy atom. The maximum atomic E-state index is 12.5. The topological polar surface area (TPSA) is 50.8 Å². The molecule has 0 spiro atoms. The molecule has 0 unspecified atom stereocenters. The molecule has 3 aliphatic heterocycles. The number of amides is 1. The van der Waals surface area contributed by atoms with Crippen LogP contribution in [0.5, 0.6) is 11.5 Å². The van der Waals surface area contributed by atoms with E-state index in [0.717, 1.165) is 36.6 Å². The first-order valence-electron chi connectivity index (χ1n) is 10.1. The molecule has 4 atom stereocenters. The van der Waals surface area contributed by atoms with Crippen LogP contribution in [-0.2, 0) is 4.79 Å². The Morgan fingerprint density at radius 3 is 2.86 bits per heavy atom. The first kappa shape index (κ1) is 17.6. The Hall–Kier alpha value is -2.53. The molecule has 1 N–H and O–H groups in total. The number of hydrogen-bond acceptors (Lipinski definition) is 4. The maximum absolute atomic E-state index is 12.5. The molecule has 3 heterocycles. The van der Waals surface area contributed by atoms with Crippen LogP contribution in [0.3, 0.4) is 0 Å². The summed E-state index contributed by atoms with van der Waals surface area (Å²) in [6.45, 7) is 4.06. The second-order valence-corrected chi connectivity index (χ2v) is 8.19. The van der Waals surface area contributed by atoms with Crippen LogP contribution in [0.25, 0.3) is 0 Å². The minimum absolute atomic E-state index is 0.0827. The number of nitrogens with one attached hydrogen (secondary N) is 1. The molecule has 2 aromatic rings. The third kappa shape index (κ3) is 2.68. The van der Waals surface area contributed by atoms with Gasteiger partial charge in [-0.3, -0.25) is 9.69 Å². The van der Waals surface area contributed by atoms with Crippen molar-refractivity contribution in [3.63, 3.8) is 0 Å². The summed E-state index contributed by atoms with van der Waals surface area (Å²) in [6.07, 6.45) is 1.30. The van der Waals surface area contributed by atoms with Gasteiger partial charge < -0.3 is 14.8 Å². The normalized spacial score (nSPS) is 29.7. The molecule has 28 heavy (non-hydrogen) atoms. The lowest BCUT2D eigenvalue weighted by Gasteiger charge is -2.56. The number of nitrogens with zero attached hydrogens (tertiary/aromatic N) is 1. The third-order valence-electron chi connectivity index (χ3n) is 6.78. The first-order chi connectivity index (χ1) is 13.6. The van der Waals surface area contributed by atoms with Crippen LogP contribution >= 0.6 is 0 Å². The van der Waals surface area contributed by atoms with E-state index in [0.29, 0.717) is 12.5 Å². The highest BCUT2D eigenvalue weighted by molar-refractivity contribution is 5.80. The van der Waals surface area contributed by atoms with Crippen LogP contribution < -0.4 is 14.8 Å². The monoisotopic (exact) mass is 378 g/mol. The highest BCUT2D eigenvalue weighted by atomic mass is 16.5. The van der Waals surface area contributed by atoms with E-state index in [1.165, 1.54) is 5.56 Å². The predicted octanol–water partition coefficient (Wildman–Crippen LogP) is 3.47. The third-order valence-corrected chi connectivity index (χ3v) is 6.78. The second-order valence-electron chi connectivity index (χ2n) is 8.19. The van der Waals surface area contributed by atoms with Crippen LogP contribution in [0.4, 0.5) is 0 Å². The molecule has 3 aliphatic rings. The van der Waals surface area contributed by atoms with E-state index in [2.05, 4.69) is 47.5 Å². The average molecular weight is 378 g/mol. The average Bonchev–Trinajstić information content (AvgIpc) is 2.72. The van der Waals surface area contributed by atoms with E-state index in [-0.39, 0.29) is 17.7 Å². The van der Waals surface area contributed by atoms with Gasteiger partial charge in [0.15, 0.2) is 5.72 Å². The zero-order valence-corrected chi connectivity index (χ0v) is 16.4. The Labute approximate surface area is 165 Å². The number of likely N-dealkylation sites (tertiary alicyclic amines) is 1. The smallest absolute Gasteiger partial charge is 0.223 e. The van der Waals surface area contributed by atoms with Gasteiger partial charge in [-0.25, -0.2) is 0 Å². The fraction of sp³-hybridized carbons (Fsp3) is 0.435. The van der Waals surface area contributed by atoms with Gasteiger partial charge >= 0.3 is 0 Å². The predicted molar refractivity (Wildman–Crippen MR) is 106 cm³/mol. The van der Waals surface area contributed by atoms with Gasteiger partial charge in [-0.05, 0) is 30.7 Å². The van der Waals surface area contributed by atoms with E-state index in [1.807, 2.05) is 18.2 Å². The van der Waals surface area contributed by atoms with Gasteiger partial charge in [0.05, 0.1) is 7.11 Å². The van der Waals surface area contributed by atoms with Crippen LogP contribution in [0.1, 0.15) is 42.9 Å². The SMILES string of the molecule is COc1ccc2c(c1)[C@H]1CC(=O)N[C@@]3(CCN([C@@H](C)c4ccccc4)C[C@@H]13)O2. The zero-order valence-electron chi connectivity index (χ0n) is 16.4. The number of carbonyl (C=O) groups is 1. The van der Waals surface area contributed by atoms with Gasteiger partial charge in [-0.1, -0.05) is 30.3 Å². The summed E-state index contributed by atoms with van der Waals surface area (Å²) in [6, 6.07) is 16.9. The molecule has 146 valence electrons. The standard InChI is InChI=1S/C23H26N2O3/c1-15(16-6-4-3-5-7-16)25-11-10-23-20(14-25)18(13-22(26)24-23)19-12-17(27-2)8-9-21(19)28-23/h3-9,12,15,18,20H,10-11,13-14H2,1-2H3,(H,24,26)/t15-,18+,20-,23-/m0/s1. The highest BCUT2D eigenvalue weighted by Gasteiger charge is 2.57. The van der Waals surface area contributed by atoms with E-state index in [1.54, 1.807) is 7.11 Å². The van der Waals surface area contributed by atoms with Gasteiger partial charge in [0.2, 0.25) is 5.91 Å². The number of piperidine rings is 2. The number of benzene rings is 2. The van der Waals surface area contributed by atoms with Gasteiger partial charge in [-0.2, -0.15) is 0 Å². The zero-order chi connectivity index (χ0) is 19.3. The lowest BCUT2D eigenvalue weighted by molar-refractivity contribution is -0.154. The number of rotatable bonds is 3. The largest absolute Gasteiger partial charge is 0.497 e. The van der Waals surface area contributed by atoms with Crippen LogP contribution in [-0.4, -0.2) is 36.7 Å². The van der Waals surface area contributed by atoms with Gasteiger partial charge in [0.25, 0.3) is 0 Å². The lowest BCUT2D eigenvalue weighted by atomic mass is 9.69. The molecule has 0 aromatic heterocycles. The van der Waals surface area contributed by atoms with Gasteiger partial charge in [0.1, 0.15) is 11.5 Å². The van der Waals surface area contributed by atoms with E-state index in [9.17, 15) is 4.79 Å². The van der Waals surface area contributed by atoms with Crippen molar-refractivity contribution in [2.75, 3.05) is 20.2 Å². The fourth-order valence-electron chi connectivity index (χ4n) is 5.23. The summed E-state index contributed by atoms with van der Waals surface area (Å²) in [5.74, 6) is 2.15. The summed E-state index contributed by atoms with van der Waals surface area (Å²) in [7, 11) is 1.67. The Balaban J connectivity index is 1.49. The molecule has 0 saturated carbocycles. The molecule has 0 radical (unpaired) electrons. The molecular formula is C23H26N2O3. The summed E-state index contributed by atoms with van der Waals surface area (Å²) in [4.78, 5) is 15.0. The maximum Gasteiger partial charge on any atom is 0.223 e. The summed E-state index contributed by atoms with van der Waals surface area (Å²) in [5.41, 5.74) is 1.84. The number of methoxy groups -OCH3 is 1. The molecule has 5 nitrogen and oxygen atoms in total. The summed E-state index contributed by atoms with van der Waals surface area (Å²) in [5, 5.41) is 3.21. The van der Waals surface area contributed by atoms with Crippen molar-refractivity contribution in [1.29, 1.82) is 0 Å². The van der Waals surface area contributed by atoms with Crippen molar-refractivity contribution in [2.45, 2.75) is 37.5 Å². The highest BCUT2D eigenvalue weighted by Crippen LogP contribution is 2.52. The molecule has 0 aliphatic carbocycles. The Bertz CT molecular complexity index is 900. The number of carbonyl (C=O) groups excluding carboxylic acids is 1. The van der Waals surface area contributed by atoms with Crippen LogP contribution in [0.2, 0.25) is 0 Å². The second kappa shape index (κ2) is 6.52. The Kier molecular flexibility index (Phi) is 4.09. The van der Waals surface area contributed by atoms with Gasteiger partial charge in [-0.15, -0.1) is 0 Å². The van der Waals surface area contributed by atoms with Crippen molar-refractivity contribution in [2.24, 2.45) is 5.92 Å². The summed E-state index contributed by atoms with van der Waals surface area (Å²) >= 11 is 0. The molecule has 2 fully saturated rings. The van der Waals surface area contributed by atoms with Crippen molar-refractivity contribution < 1.29 is 14.3 Å². The van der Waals surface area contributed by atoms with Gasteiger partial charge in [0, 0.05) is 49.4 Å². The molecule has 5 rings (SSSR count). The number of fused-ring (bicyclic) bond motifs is 2. The fourth-order valence-corrected chi connectivity index (χ4v) is 5.23. The van der Waals surface area contributed by atoms with Crippen molar-refractivity contribution in [3.8, 4) is 11.5 Å². The van der Waals surface area contributed by atoms with Crippen LogP contribution in [0, 0.1) is 5.92 Å². The number of hydrogen-bond donors (Lipinski definition) is 1.